The van der Waals surface area contributed by atoms with Gasteiger partial charge in [-0.15, -0.1) is 0 Å². The van der Waals surface area contributed by atoms with Crippen LogP contribution in [0, 0.1) is 5.82 Å². The molecule has 106 valence electrons. The number of unbranched alkanes of at least 4 members (excludes halogenated alkanes) is 2. The third-order valence-electron chi connectivity index (χ3n) is 3.35. The summed E-state index contributed by atoms with van der Waals surface area (Å²) in [5.41, 5.74) is 2.37. The second-order valence-electron chi connectivity index (χ2n) is 4.85. The number of nitrogens with zero attached hydrogens (tertiary/aromatic N) is 1. The molecule has 2 aromatic rings. The molecule has 0 saturated heterocycles. The SMILES string of the molecule is CCCCCc1ccc(-c2ccc(OC)cc2F)nc1. The number of ether oxygens (including phenoxy) is 1. The molecular formula is C17H20FNO. The van der Waals surface area contributed by atoms with Crippen LogP contribution in [0.3, 0.4) is 0 Å². The van der Waals surface area contributed by atoms with Crippen LogP contribution in [0.25, 0.3) is 11.3 Å². The molecule has 0 aliphatic heterocycles. The number of methoxy groups -OCH3 is 1. The number of aromatic nitrogens is 1. The van der Waals surface area contributed by atoms with Crippen LogP contribution in [0.5, 0.6) is 5.75 Å². The summed E-state index contributed by atoms with van der Waals surface area (Å²) < 4.78 is 19.0. The summed E-state index contributed by atoms with van der Waals surface area (Å²) in [6, 6.07) is 8.74. The molecular weight excluding hydrogens is 253 g/mol. The van der Waals surface area contributed by atoms with Crippen LogP contribution in [0.1, 0.15) is 31.7 Å². The van der Waals surface area contributed by atoms with Gasteiger partial charge in [0.05, 0.1) is 12.8 Å². The normalized spacial score (nSPS) is 10.6. The first-order valence-electron chi connectivity index (χ1n) is 7.03. The van der Waals surface area contributed by atoms with E-state index in [1.807, 2.05) is 18.3 Å². The molecule has 0 N–H and O–H groups in total. The largest absolute Gasteiger partial charge is 0.497 e. The minimum absolute atomic E-state index is 0.310. The fraction of sp³-hybridized carbons (Fsp3) is 0.353. The highest BCUT2D eigenvalue weighted by Gasteiger charge is 2.07. The predicted octanol–water partition coefficient (Wildman–Crippen LogP) is 4.63. The highest BCUT2D eigenvalue weighted by atomic mass is 19.1. The number of aryl methyl sites for hydroxylation is 1. The van der Waals surface area contributed by atoms with E-state index in [2.05, 4.69) is 11.9 Å². The van der Waals surface area contributed by atoms with Crippen molar-refractivity contribution < 1.29 is 9.13 Å². The average Bonchev–Trinajstić information content (AvgIpc) is 2.48. The molecule has 2 rings (SSSR count). The molecule has 1 aromatic carbocycles. The third kappa shape index (κ3) is 3.56. The Balaban J connectivity index is 2.13. The van der Waals surface area contributed by atoms with Gasteiger partial charge < -0.3 is 4.74 Å². The van der Waals surface area contributed by atoms with Gasteiger partial charge in [0.1, 0.15) is 11.6 Å². The Labute approximate surface area is 119 Å². The molecule has 0 saturated carbocycles. The van der Waals surface area contributed by atoms with Crippen molar-refractivity contribution in [2.75, 3.05) is 7.11 Å². The van der Waals surface area contributed by atoms with E-state index in [9.17, 15) is 4.39 Å². The molecule has 0 aliphatic rings. The minimum Gasteiger partial charge on any atom is -0.497 e. The van der Waals surface area contributed by atoms with E-state index in [4.69, 9.17) is 4.74 Å². The number of benzene rings is 1. The lowest BCUT2D eigenvalue weighted by Gasteiger charge is -2.06. The third-order valence-corrected chi connectivity index (χ3v) is 3.35. The summed E-state index contributed by atoms with van der Waals surface area (Å²) in [5, 5.41) is 0. The number of hydrogen-bond acceptors (Lipinski definition) is 2. The summed E-state index contributed by atoms with van der Waals surface area (Å²) in [6.45, 7) is 2.19. The lowest BCUT2D eigenvalue weighted by atomic mass is 10.1. The maximum absolute atomic E-state index is 14.0. The highest BCUT2D eigenvalue weighted by Crippen LogP contribution is 2.24. The Morgan fingerprint density at radius 1 is 1.15 bits per heavy atom. The lowest BCUT2D eigenvalue weighted by Crippen LogP contribution is -1.92. The number of halogens is 1. The molecule has 1 aromatic heterocycles. The van der Waals surface area contributed by atoms with E-state index in [0.717, 1.165) is 6.42 Å². The van der Waals surface area contributed by atoms with Gasteiger partial charge in [-0.2, -0.15) is 0 Å². The molecule has 0 bridgehead atoms. The van der Waals surface area contributed by atoms with Crippen molar-refractivity contribution in [2.24, 2.45) is 0 Å². The Kier molecular flexibility index (Phi) is 5.10. The van der Waals surface area contributed by atoms with E-state index < -0.39 is 0 Å². The summed E-state index contributed by atoms with van der Waals surface area (Å²) >= 11 is 0. The second kappa shape index (κ2) is 7.04. The fourth-order valence-corrected chi connectivity index (χ4v) is 2.14. The molecule has 2 nitrogen and oxygen atoms in total. The van der Waals surface area contributed by atoms with Crippen LogP contribution >= 0.6 is 0 Å². The average molecular weight is 273 g/mol. The first kappa shape index (κ1) is 14.5. The van der Waals surface area contributed by atoms with E-state index in [0.29, 0.717) is 17.0 Å². The number of rotatable bonds is 6. The first-order chi connectivity index (χ1) is 9.74. The van der Waals surface area contributed by atoms with Crippen molar-refractivity contribution in [3.63, 3.8) is 0 Å². The summed E-state index contributed by atoms with van der Waals surface area (Å²) in [6.07, 6.45) is 6.49. The number of hydrogen-bond donors (Lipinski definition) is 0. The Bertz CT molecular complexity index is 551. The number of pyridine rings is 1. The first-order valence-corrected chi connectivity index (χ1v) is 7.03. The van der Waals surface area contributed by atoms with Gasteiger partial charge in [0.25, 0.3) is 0 Å². The van der Waals surface area contributed by atoms with Gasteiger partial charge in [-0.25, -0.2) is 4.39 Å². The molecule has 0 radical (unpaired) electrons. The second-order valence-corrected chi connectivity index (χ2v) is 4.85. The van der Waals surface area contributed by atoms with Gasteiger partial charge in [0, 0.05) is 17.8 Å². The van der Waals surface area contributed by atoms with E-state index in [-0.39, 0.29) is 5.82 Å². The minimum atomic E-state index is -0.310. The summed E-state index contributed by atoms with van der Waals surface area (Å²) in [7, 11) is 1.53. The lowest BCUT2D eigenvalue weighted by molar-refractivity contribution is 0.411. The topological polar surface area (TPSA) is 22.1 Å². The Morgan fingerprint density at radius 2 is 2.00 bits per heavy atom. The Morgan fingerprint density at radius 3 is 2.60 bits per heavy atom. The molecule has 0 unspecified atom stereocenters. The van der Waals surface area contributed by atoms with Crippen molar-refractivity contribution in [3.8, 4) is 17.0 Å². The fourth-order valence-electron chi connectivity index (χ4n) is 2.14. The summed E-state index contributed by atoms with van der Waals surface area (Å²) in [4.78, 5) is 4.36. The highest BCUT2D eigenvalue weighted by molar-refractivity contribution is 5.61. The van der Waals surface area contributed by atoms with Gasteiger partial charge in [-0.3, -0.25) is 4.98 Å². The van der Waals surface area contributed by atoms with Crippen LogP contribution < -0.4 is 4.74 Å². The zero-order chi connectivity index (χ0) is 14.4. The van der Waals surface area contributed by atoms with E-state index in [1.54, 1.807) is 12.1 Å². The van der Waals surface area contributed by atoms with Gasteiger partial charge in [0.15, 0.2) is 0 Å². The maximum atomic E-state index is 14.0. The molecule has 0 atom stereocenters. The van der Waals surface area contributed by atoms with Gasteiger partial charge in [-0.05, 0) is 36.6 Å². The van der Waals surface area contributed by atoms with E-state index in [1.165, 1.54) is 38.0 Å². The standard InChI is InChI=1S/C17H20FNO/c1-3-4-5-6-13-7-10-17(19-12-13)15-9-8-14(20-2)11-16(15)18/h7-12H,3-6H2,1-2H3. The van der Waals surface area contributed by atoms with Gasteiger partial charge in [0.2, 0.25) is 0 Å². The van der Waals surface area contributed by atoms with Crippen LogP contribution in [0.4, 0.5) is 4.39 Å². The van der Waals surface area contributed by atoms with Crippen LogP contribution in [0.2, 0.25) is 0 Å². The van der Waals surface area contributed by atoms with Crippen LogP contribution in [0.15, 0.2) is 36.5 Å². The molecule has 20 heavy (non-hydrogen) atoms. The van der Waals surface area contributed by atoms with Crippen molar-refractivity contribution in [1.82, 2.24) is 4.98 Å². The molecule has 3 heteroatoms. The predicted molar refractivity (Wildman–Crippen MR) is 79.4 cm³/mol. The summed E-state index contributed by atoms with van der Waals surface area (Å²) in [5.74, 6) is 0.206. The molecule has 0 fully saturated rings. The smallest absolute Gasteiger partial charge is 0.136 e. The molecule has 0 amide bonds. The molecule has 0 aliphatic carbocycles. The van der Waals surface area contributed by atoms with Crippen LogP contribution in [-0.4, -0.2) is 12.1 Å². The van der Waals surface area contributed by atoms with Crippen molar-refractivity contribution in [2.45, 2.75) is 32.6 Å². The van der Waals surface area contributed by atoms with Crippen LogP contribution in [-0.2, 0) is 6.42 Å². The maximum Gasteiger partial charge on any atom is 0.136 e. The van der Waals surface area contributed by atoms with Gasteiger partial charge >= 0.3 is 0 Å². The zero-order valence-corrected chi connectivity index (χ0v) is 12.0. The van der Waals surface area contributed by atoms with Crippen molar-refractivity contribution >= 4 is 0 Å². The molecule has 0 spiro atoms. The zero-order valence-electron chi connectivity index (χ0n) is 12.0. The van der Waals surface area contributed by atoms with Gasteiger partial charge in [-0.1, -0.05) is 25.8 Å². The molecule has 1 heterocycles. The van der Waals surface area contributed by atoms with Crippen molar-refractivity contribution in [1.29, 1.82) is 0 Å². The Hall–Kier alpha value is -1.90. The van der Waals surface area contributed by atoms with Crippen molar-refractivity contribution in [3.05, 3.63) is 47.9 Å². The monoisotopic (exact) mass is 273 g/mol. The van der Waals surface area contributed by atoms with E-state index >= 15 is 0 Å². The quantitative estimate of drug-likeness (QED) is 0.716.